The summed E-state index contributed by atoms with van der Waals surface area (Å²) in [7, 11) is -3.65. The molecule has 6 rings (SSSR count). The van der Waals surface area contributed by atoms with Crippen molar-refractivity contribution in [1.29, 1.82) is 0 Å². The Morgan fingerprint density at radius 2 is 1.95 bits per heavy atom. The number of fused-ring (bicyclic) bond motifs is 1. The fourth-order valence-electron chi connectivity index (χ4n) is 4.95. The molecule has 0 bridgehead atoms. The van der Waals surface area contributed by atoms with Gasteiger partial charge in [0.1, 0.15) is 9.22 Å². The number of anilines is 1. The maximum atomic E-state index is 13.6. The smallest absolute Gasteiger partial charge is 0.475 e. The van der Waals surface area contributed by atoms with E-state index in [0.717, 1.165) is 65.4 Å². The van der Waals surface area contributed by atoms with Crippen molar-refractivity contribution < 1.29 is 36.3 Å². The molecule has 1 atom stereocenters. The number of amides is 1. The Kier molecular flexibility index (Phi) is 9.34. The quantitative estimate of drug-likeness (QED) is 0.220. The van der Waals surface area contributed by atoms with E-state index in [1.165, 1.54) is 11.3 Å². The van der Waals surface area contributed by atoms with Gasteiger partial charge in [0.25, 0.3) is 10.0 Å². The summed E-state index contributed by atoms with van der Waals surface area (Å²) in [4.78, 5) is 31.9. The van der Waals surface area contributed by atoms with Gasteiger partial charge in [-0.15, -0.1) is 22.7 Å². The molecule has 1 aromatic carbocycles. The molecule has 1 aliphatic carbocycles. The predicted octanol–water partition coefficient (Wildman–Crippen LogP) is 5.30. The zero-order valence-corrected chi connectivity index (χ0v) is 26.0. The number of sulfonamides is 1. The van der Waals surface area contributed by atoms with Crippen LogP contribution in [0.15, 0.2) is 52.2 Å². The number of benzene rings is 1. The van der Waals surface area contributed by atoms with Gasteiger partial charge in [-0.1, -0.05) is 18.2 Å². The number of carbonyl (C=O) groups is 2. The number of alkyl halides is 3. The highest BCUT2D eigenvalue weighted by atomic mass is 32.2. The normalized spacial score (nSPS) is 17.3. The largest absolute Gasteiger partial charge is 0.490 e. The Morgan fingerprint density at radius 1 is 1.20 bits per heavy atom. The third kappa shape index (κ3) is 7.60. The van der Waals surface area contributed by atoms with Crippen LogP contribution in [0.25, 0.3) is 21.6 Å². The molecule has 1 amide bonds. The number of carbonyl (C=O) groups excluding carboxylic acids is 1. The maximum Gasteiger partial charge on any atom is 0.490 e. The highest BCUT2D eigenvalue weighted by Crippen LogP contribution is 2.39. The molecule has 16 heteroatoms. The Balaban J connectivity index is 0.000000493. The van der Waals surface area contributed by atoms with Crippen LogP contribution in [-0.2, 0) is 26.2 Å². The van der Waals surface area contributed by atoms with Crippen molar-refractivity contribution in [3.8, 4) is 10.7 Å². The molecular weight excluding hydrogens is 640 g/mol. The molecule has 2 fully saturated rings. The van der Waals surface area contributed by atoms with E-state index in [1.807, 2.05) is 24.4 Å². The van der Waals surface area contributed by atoms with Gasteiger partial charge in [-0.05, 0) is 48.8 Å². The Labute approximate surface area is 259 Å². The van der Waals surface area contributed by atoms with Crippen molar-refractivity contribution >= 4 is 61.2 Å². The standard InChI is InChI=1S/C26H29N5O3S3.C2HF3O2/c1-17(32)28-20-9-10-30(15-20)16-21-13-27-26(36-21)22-12-19-4-2-5-23(25(19)29-22)31(14-18-7-8-18)37(33,34)24-6-3-11-35-24;3-2(4,5)1(6)7/h2-6,11-13,18,20,29H,7-10,14-16H2,1H3,(H,28,32);(H,6,7). The first-order chi connectivity index (χ1) is 20.8. The summed E-state index contributed by atoms with van der Waals surface area (Å²) < 4.78 is 60.9. The van der Waals surface area contributed by atoms with E-state index in [1.54, 1.807) is 40.1 Å². The average Bonchev–Trinajstić information content (AvgIpc) is 3.43. The molecule has 3 aromatic heterocycles. The number of hydrogen-bond donors (Lipinski definition) is 3. The number of thiophene rings is 1. The summed E-state index contributed by atoms with van der Waals surface area (Å²) in [5, 5.41) is 13.8. The minimum absolute atomic E-state index is 0.0176. The summed E-state index contributed by atoms with van der Waals surface area (Å²) in [6, 6.07) is 11.5. The molecule has 10 nitrogen and oxygen atoms in total. The first-order valence-corrected chi connectivity index (χ1v) is 16.9. The van der Waals surface area contributed by atoms with Gasteiger partial charge >= 0.3 is 12.1 Å². The molecule has 2 aliphatic rings. The second-order valence-corrected chi connectivity index (χ2v) is 14.8. The Morgan fingerprint density at radius 3 is 2.59 bits per heavy atom. The lowest BCUT2D eigenvalue weighted by Gasteiger charge is -2.24. The number of halogens is 3. The third-order valence-electron chi connectivity index (χ3n) is 7.15. The number of aliphatic carboxylic acids is 1. The maximum absolute atomic E-state index is 13.6. The lowest BCUT2D eigenvalue weighted by Crippen LogP contribution is -2.35. The molecule has 1 aliphatic heterocycles. The fourth-order valence-corrected chi connectivity index (χ4v) is 8.53. The lowest BCUT2D eigenvalue weighted by molar-refractivity contribution is -0.192. The van der Waals surface area contributed by atoms with Crippen LogP contribution in [0, 0.1) is 5.92 Å². The number of rotatable bonds is 9. The summed E-state index contributed by atoms with van der Waals surface area (Å²) in [5.41, 5.74) is 2.38. The molecule has 0 spiro atoms. The second-order valence-electron chi connectivity index (χ2n) is 10.7. The van der Waals surface area contributed by atoms with Crippen LogP contribution in [0.5, 0.6) is 0 Å². The third-order valence-corrected chi connectivity index (χ3v) is 11.3. The number of carboxylic acids is 1. The number of nitrogens with zero attached hydrogens (tertiary/aromatic N) is 3. The molecule has 4 heterocycles. The lowest BCUT2D eigenvalue weighted by atomic mass is 10.2. The Bertz CT molecular complexity index is 1730. The topological polar surface area (TPSA) is 136 Å². The average molecular weight is 670 g/mol. The van der Waals surface area contributed by atoms with E-state index >= 15 is 0 Å². The predicted molar refractivity (Wildman–Crippen MR) is 162 cm³/mol. The highest BCUT2D eigenvalue weighted by Gasteiger charge is 2.38. The van der Waals surface area contributed by atoms with Gasteiger partial charge in [-0.2, -0.15) is 13.2 Å². The van der Waals surface area contributed by atoms with Crippen molar-refractivity contribution in [1.82, 2.24) is 20.2 Å². The molecule has 236 valence electrons. The summed E-state index contributed by atoms with van der Waals surface area (Å²) >= 11 is 2.89. The van der Waals surface area contributed by atoms with Crippen molar-refractivity contribution in [2.24, 2.45) is 5.92 Å². The molecule has 1 saturated carbocycles. The molecule has 4 aromatic rings. The van der Waals surface area contributed by atoms with Crippen molar-refractivity contribution in [2.75, 3.05) is 23.9 Å². The van der Waals surface area contributed by atoms with Crippen LogP contribution < -0.4 is 9.62 Å². The van der Waals surface area contributed by atoms with Gasteiger partial charge in [0.05, 0.1) is 16.9 Å². The van der Waals surface area contributed by atoms with Crippen LogP contribution in [0.1, 0.15) is 31.1 Å². The molecular formula is C28H30F3N5O5S3. The number of H-pyrrole nitrogens is 1. The number of likely N-dealkylation sites (tertiary alicyclic amines) is 1. The number of hydrogen-bond acceptors (Lipinski definition) is 8. The van der Waals surface area contributed by atoms with Crippen molar-refractivity contribution in [2.45, 2.75) is 49.2 Å². The monoisotopic (exact) mass is 669 g/mol. The number of carboxylic acid groups (broad SMARTS) is 1. The van der Waals surface area contributed by atoms with Gasteiger partial charge in [0, 0.05) is 55.6 Å². The van der Waals surface area contributed by atoms with Crippen LogP contribution >= 0.6 is 22.7 Å². The number of thiazole rings is 1. The Hall–Kier alpha value is -3.47. The first-order valence-electron chi connectivity index (χ1n) is 13.7. The first kappa shape index (κ1) is 31.9. The van der Waals surface area contributed by atoms with Crippen LogP contribution in [0.4, 0.5) is 18.9 Å². The SMILES string of the molecule is CC(=O)NC1CCN(Cc2cnc(-c3cc4cccc(N(CC5CC5)S(=O)(=O)c5cccs5)c4[nH]3)s2)C1.O=C(O)C(F)(F)F. The van der Waals surface area contributed by atoms with Crippen LogP contribution in [0.3, 0.4) is 0 Å². The van der Waals surface area contributed by atoms with Crippen LogP contribution in [0.2, 0.25) is 0 Å². The number of para-hydroxylation sites is 1. The van der Waals surface area contributed by atoms with Crippen LogP contribution in [-0.4, -0.2) is 72.1 Å². The zero-order chi connectivity index (χ0) is 31.6. The van der Waals surface area contributed by atoms with Crippen molar-refractivity contribution in [3.05, 3.63) is 52.9 Å². The number of nitrogens with one attached hydrogen (secondary N) is 2. The molecule has 0 radical (unpaired) electrons. The molecule has 1 unspecified atom stereocenters. The van der Waals surface area contributed by atoms with E-state index in [2.05, 4.69) is 26.3 Å². The minimum atomic E-state index is -5.08. The highest BCUT2D eigenvalue weighted by molar-refractivity contribution is 7.94. The zero-order valence-electron chi connectivity index (χ0n) is 23.5. The van der Waals surface area contributed by atoms with E-state index in [-0.39, 0.29) is 11.9 Å². The van der Waals surface area contributed by atoms with Gasteiger partial charge < -0.3 is 15.4 Å². The minimum Gasteiger partial charge on any atom is -0.475 e. The molecule has 44 heavy (non-hydrogen) atoms. The summed E-state index contributed by atoms with van der Waals surface area (Å²) in [6.45, 7) is 4.64. The molecule has 3 N–H and O–H groups in total. The number of aromatic amines is 1. The van der Waals surface area contributed by atoms with E-state index in [4.69, 9.17) is 9.90 Å². The second kappa shape index (κ2) is 12.9. The fraction of sp³-hybridized carbons (Fsp3) is 0.393. The number of aromatic nitrogens is 2. The summed E-state index contributed by atoms with van der Waals surface area (Å²) in [6.07, 6.45) is -0.0830. The van der Waals surface area contributed by atoms with E-state index < -0.39 is 22.2 Å². The molecule has 1 saturated heterocycles. The van der Waals surface area contributed by atoms with E-state index in [9.17, 15) is 26.4 Å². The van der Waals surface area contributed by atoms with Gasteiger partial charge in [0.15, 0.2) is 0 Å². The van der Waals surface area contributed by atoms with Gasteiger partial charge in [-0.25, -0.2) is 18.2 Å². The van der Waals surface area contributed by atoms with Crippen molar-refractivity contribution in [3.63, 3.8) is 0 Å². The van der Waals surface area contributed by atoms with E-state index in [0.29, 0.717) is 22.4 Å². The summed E-state index contributed by atoms with van der Waals surface area (Å²) in [5.74, 6) is -2.34. The van der Waals surface area contributed by atoms with Gasteiger partial charge in [0.2, 0.25) is 5.91 Å². The van der Waals surface area contributed by atoms with Gasteiger partial charge in [-0.3, -0.25) is 14.0 Å².